The summed E-state index contributed by atoms with van der Waals surface area (Å²) in [4.78, 5) is 4.35. The van der Waals surface area contributed by atoms with E-state index in [1.54, 1.807) is 12.3 Å². The predicted octanol–water partition coefficient (Wildman–Crippen LogP) is 3.67. The third kappa shape index (κ3) is 1.84. The summed E-state index contributed by atoms with van der Waals surface area (Å²) in [6, 6.07) is 6.90. The van der Waals surface area contributed by atoms with Crippen molar-refractivity contribution in [1.29, 1.82) is 0 Å². The maximum Gasteiger partial charge on any atom is 0.131 e. The summed E-state index contributed by atoms with van der Waals surface area (Å²) in [6.07, 6.45) is 1.74. The zero-order chi connectivity index (χ0) is 11.1. The minimum absolute atomic E-state index is 0.0452. The molecule has 1 heterocycles. The number of halogens is 1. The third-order valence-electron chi connectivity index (χ3n) is 2.48. The van der Waals surface area contributed by atoms with Gasteiger partial charge < -0.3 is 0 Å². The molecule has 1 aromatic heterocycles. The van der Waals surface area contributed by atoms with Crippen molar-refractivity contribution < 1.29 is 4.39 Å². The van der Waals surface area contributed by atoms with Crippen molar-refractivity contribution in [2.24, 2.45) is 0 Å². The van der Waals surface area contributed by atoms with Crippen LogP contribution in [0, 0.1) is 5.82 Å². The van der Waals surface area contributed by atoms with Gasteiger partial charge >= 0.3 is 0 Å². The largest absolute Gasteiger partial charge is 0.260 e. The van der Waals surface area contributed by atoms with E-state index in [1.807, 2.05) is 12.1 Å². The molecular weight excluding hydrogens is 189 g/mol. The van der Waals surface area contributed by atoms with Crippen LogP contribution >= 0.6 is 0 Å². The van der Waals surface area contributed by atoms with E-state index in [0.29, 0.717) is 5.39 Å². The van der Waals surface area contributed by atoms with Gasteiger partial charge in [-0.25, -0.2) is 4.39 Å². The molecule has 1 aromatic carbocycles. The van der Waals surface area contributed by atoms with Gasteiger partial charge in [0, 0.05) is 28.1 Å². The molecule has 0 aliphatic rings. The minimum Gasteiger partial charge on any atom is -0.260 e. The van der Waals surface area contributed by atoms with Crippen LogP contribution in [0.2, 0.25) is 0 Å². The van der Waals surface area contributed by atoms with Crippen molar-refractivity contribution in [3.8, 4) is 0 Å². The minimum atomic E-state index is -0.180. The first-order valence-corrected chi connectivity index (χ1v) is 5.03. The van der Waals surface area contributed by atoms with Crippen LogP contribution in [0.3, 0.4) is 0 Å². The van der Waals surface area contributed by atoms with E-state index in [-0.39, 0.29) is 11.2 Å². The lowest BCUT2D eigenvalue weighted by atomic mass is 9.90. The molecule has 2 rings (SSSR count). The van der Waals surface area contributed by atoms with E-state index in [9.17, 15) is 4.39 Å². The molecule has 0 bridgehead atoms. The van der Waals surface area contributed by atoms with Crippen molar-refractivity contribution in [2.45, 2.75) is 26.2 Å². The number of benzene rings is 1. The van der Waals surface area contributed by atoms with Crippen molar-refractivity contribution in [3.05, 3.63) is 42.0 Å². The highest BCUT2D eigenvalue weighted by Gasteiger charge is 2.16. The number of hydrogen-bond acceptors (Lipinski definition) is 1. The van der Waals surface area contributed by atoms with Crippen LogP contribution in [0.4, 0.5) is 4.39 Å². The number of fused-ring (bicyclic) bond motifs is 1. The molecule has 0 aliphatic heterocycles. The zero-order valence-electron chi connectivity index (χ0n) is 9.21. The van der Waals surface area contributed by atoms with Gasteiger partial charge in [-0.2, -0.15) is 0 Å². The molecular formula is C13H14FN. The number of pyridine rings is 1. The summed E-state index contributed by atoms with van der Waals surface area (Å²) in [5.74, 6) is -0.180. The Labute approximate surface area is 89.0 Å². The van der Waals surface area contributed by atoms with Gasteiger partial charge in [0.1, 0.15) is 5.82 Å². The Hall–Kier alpha value is -1.44. The Bertz CT molecular complexity index is 497. The summed E-state index contributed by atoms with van der Waals surface area (Å²) in [5, 5.41) is 1.50. The van der Waals surface area contributed by atoms with Gasteiger partial charge in [-0.15, -0.1) is 0 Å². The van der Waals surface area contributed by atoms with Crippen LogP contribution in [-0.4, -0.2) is 4.98 Å². The van der Waals surface area contributed by atoms with Crippen LogP contribution in [0.5, 0.6) is 0 Å². The summed E-state index contributed by atoms with van der Waals surface area (Å²) < 4.78 is 13.5. The normalized spacial score (nSPS) is 12.0. The van der Waals surface area contributed by atoms with Crippen LogP contribution in [-0.2, 0) is 5.41 Å². The second kappa shape index (κ2) is 3.30. The lowest BCUT2D eigenvalue weighted by Crippen LogP contribution is -2.13. The Morgan fingerprint density at radius 3 is 2.60 bits per heavy atom. The quantitative estimate of drug-likeness (QED) is 0.636. The molecule has 0 aliphatic carbocycles. The van der Waals surface area contributed by atoms with Crippen LogP contribution in [0.1, 0.15) is 26.5 Å². The molecule has 0 amide bonds. The van der Waals surface area contributed by atoms with Crippen molar-refractivity contribution >= 4 is 10.8 Å². The fraction of sp³-hybridized carbons (Fsp3) is 0.308. The molecule has 0 saturated carbocycles. The maximum atomic E-state index is 13.5. The third-order valence-corrected chi connectivity index (χ3v) is 2.48. The highest BCUT2D eigenvalue weighted by molar-refractivity contribution is 5.82. The van der Waals surface area contributed by atoms with E-state index >= 15 is 0 Å². The van der Waals surface area contributed by atoms with Crippen molar-refractivity contribution in [2.75, 3.05) is 0 Å². The zero-order valence-corrected chi connectivity index (χ0v) is 9.21. The number of hydrogen-bond donors (Lipinski definition) is 0. The summed E-state index contributed by atoms with van der Waals surface area (Å²) >= 11 is 0. The first-order valence-electron chi connectivity index (χ1n) is 5.03. The average Bonchev–Trinajstić information content (AvgIpc) is 2.16. The van der Waals surface area contributed by atoms with Crippen molar-refractivity contribution in [3.63, 3.8) is 0 Å². The lowest BCUT2D eigenvalue weighted by molar-refractivity contribution is 0.569. The van der Waals surface area contributed by atoms with Gasteiger partial charge in [0.2, 0.25) is 0 Å². The Morgan fingerprint density at radius 2 is 1.93 bits per heavy atom. The standard InChI is InChI=1S/C13H14FN/c1-13(2,3)12-7-10-9(8-15-12)5-4-6-11(10)14/h4-8H,1-3H3. The van der Waals surface area contributed by atoms with Gasteiger partial charge in [0.25, 0.3) is 0 Å². The molecule has 0 radical (unpaired) electrons. The first kappa shape index (κ1) is 10.1. The van der Waals surface area contributed by atoms with E-state index in [4.69, 9.17) is 0 Å². The first-order chi connectivity index (χ1) is 6.98. The van der Waals surface area contributed by atoms with E-state index in [0.717, 1.165) is 11.1 Å². The van der Waals surface area contributed by atoms with Gasteiger partial charge in [0.05, 0.1) is 0 Å². The molecule has 0 spiro atoms. The monoisotopic (exact) mass is 203 g/mol. The number of nitrogens with zero attached hydrogens (tertiary/aromatic N) is 1. The number of aromatic nitrogens is 1. The second-order valence-electron chi connectivity index (χ2n) is 4.78. The predicted molar refractivity (Wildman–Crippen MR) is 60.4 cm³/mol. The molecule has 0 saturated heterocycles. The van der Waals surface area contributed by atoms with Crippen LogP contribution < -0.4 is 0 Å². The van der Waals surface area contributed by atoms with Crippen LogP contribution in [0.25, 0.3) is 10.8 Å². The molecule has 0 atom stereocenters. The van der Waals surface area contributed by atoms with E-state index < -0.39 is 0 Å². The fourth-order valence-corrected chi connectivity index (χ4v) is 1.54. The highest BCUT2D eigenvalue weighted by Crippen LogP contribution is 2.24. The van der Waals surface area contributed by atoms with Gasteiger partial charge in [-0.05, 0) is 12.1 Å². The maximum absolute atomic E-state index is 13.5. The molecule has 2 aromatic rings. The average molecular weight is 203 g/mol. The summed E-state index contributed by atoms with van der Waals surface area (Å²) in [6.45, 7) is 6.21. The highest BCUT2D eigenvalue weighted by atomic mass is 19.1. The van der Waals surface area contributed by atoms with Crippen LogP contribution in [0.15, 0.2) is 30.5 Å². The summed E-state index contributed by atoms with van der Waals surface area (Å²) in [5.41, 5.74) is 0.872. The van der Waals surface area contributed by atoms with Crippen molar-refractivity contribution in [1.82, 2.24) is 4.98 Å². The Morgan fingerprint density at radius 1 is 1.20 bits per heavy atom. The Kier molecular flexibility index (Phi) is 2.22. The molecule has 2 heteroatoms. The van der Waals surface area contributed by atoms with Gasteiger partial charge in [-0.3, -0.25) is 4.98 Å². The molecule has 0 unspecified atom stereocenters. The SMILES string of the molecule is CC(C)(C)c1cc2c(F)cccc2cn1. The molecule has 78 valence electrons. The van der Waals surface area contributed by atoms with Gasteiger partial charge in [-0.1, -0.05) is 32.9 Å². The number of rotatable bonds is 0. The van der Waals surface area contributed by atoms with E-state index in [1.165, 1.54) is 6.07 Å². The molecule has 0 fully saturated rings. The fourth-order valence-electron chi connectivity index (χ4n) is 1.54. The smallest absolute Gasteiger partial charge is 0.131 e. The summed E-state index contributed by atoms with van der Waals surface area (Å²) in [7, 11) is 0. The topological polar surface area (TPSA) is 12.9 Å². The molecule has 15 heavy (non-hydrogen) atoms. The molecule has 1 nitrogen and oxygen atoms in total. The molecule has 0 N–H and O–H groups in total. The van der Waals surface area contributed by atoms with E-state index in [2.05, 4.69) is 25.8 Å². The Balaban J connectivity index is 2.70. The second-order valence-corrected chi connectivity index (χ2v) is 4.78. The lowest BCUT2D eigenvalue weighted by Gasteiger charge is -2.17. The van der Waals surface area contributed by atoms with Gasteiger partial charge in [0.15, 0.2) is 0 Å².